The molecular weight excluding hydrogens is 192 g/mol. The number of sulfonamides is 1. The number of hydrogen-bond acceptors (Lipinski definition) is 5. The molecule has 6 nitrogen and oxygen atoms in total. The lowest BCUT2D eigenvalue weighted by atomic mass is 10.4. The van der Waals surface area contributed by atoms with E-state index < -0.39 is 10.0 Å². The number of hydrogen-bond donors (Lipinski definition) is 3. The fourth-order valence-electron chi connectivity index (χ4n) is 0.811. The van der Waals surface area contributed by atoms with Crippen LogP contribution in [0.4, 0.5) is 5.69 Å². The molecule has 1 heterocycles. The van der Waals surface area contributed by atoms with Gasteiger partial charge in [0, 0.05) is 6.20 Å². The average molecular weight is 202 g/mol. The largest absolute Gasteiger partial charge is 0.321 e. The number of nitrogens with one attached hydrogen (secondary N) is 2. The molecule has 0 amide bonds. The number of rotatable bonds is 3. The third kappa shape index (κ3) is 1.94. The quantitative estimate of drug-likeness (QED) is 0.443. The Morgan fingerprint density at radius 3 is 2.77 bits per heavy atom. The van der Waals surface area contributed by atoms with Gasteiger partial charge in [-0.3, -0.25) is 5.84 Å². The Labute approximate surface area is 76.2 Å². The van der Waals surface area contributed by atoms with Gasteiger partial charge in [0.1, 0.15) is 0 Å². The highest BCUT2D eigenvalue weighted by atomic mass is 32.2. The van der Waals surface area contributed by atoms with Gasteiger partial charge in [0.25, 0.3) is 10.0 Å². The average Bonchev–Trinajstić information content (AvgIpc) is 2.18. The first-order valence-electron chi connectivity index (χ1n) is 3.47. The van der Waals surface area contributed by atoms with Gasteiger partial charge in [-0.25, -0.2) is 18.1 Å². The van der Waals surface area contributed by atoms with Crippen molar-refractivity contribution >= 4 is 15.7 Å². The Hall–Kier alpha value is -1.18. The van der Waals surface area contributed by atoms with E-state index in [4.69, 9.17) is 5.84 Å². The van der Waals surface area contributed by atoms with Crippen molar-refractivity contribution in [1.82, 2.24) is 9.71 Å². The minimum atomic E-state index is -3.54. The van der Waals surface area contributed by atoms with Crippen LogP contribution in [-0.4, -0.2) is 20.4 Å². The molecule has 0 saturated heterocycles. The van der Waals surface area contributed by atoms with Crippen molar-refractivity contribution in [3.05, 3.63) is 18.3 Å². The lowest BCUT2D eigenvalue weighted by molar-refractivity contribution is 0.585. The molecule has 1 rings (SSSR count). The summed E-state index contributed by atoms with van der Waals surface area (Å²) in [7, 11) is -2.23. The smallest absolute Gasteiger partial charge is 0.259 e. The Bertz CT molecular complexity index is 389. The number of nitrogens with zero attached hydrogens (tertiary/aromatic N) is 1. The molecule has 0 aliphatic rings. The van der Waals surface area contributed by atoms with Crippen LogP contribution in [0.15, 0.2) is 23.4 Å². The Morgan fingerprint density at radius 2 is 2.23 bits per heavy atom. The topological polar surface area (TPSA) is 97.1 Å². The maximum atomic E-state index is 11.3. The maximum Gasteiger partial charge on any atom is 0.259 e. The van der Waals surface area contributed by atoms with Gasteiger partial charge in [-0.2, -0.15) is 0 Å². The molecule has 0 radical (unpaired) electrons. The number of aromatic nitrogens is 1. The molecule has 1 aromatic rings. The molecule has 0 saturated carbocycles. The molecule has 0 fully saturated rings. The van der Waals surface area contributed by atoms with Crippen molar-refractivity contribution in [2.75, 3.05) is 12.5 Å². The van der Waals surface area contributed by atoms with Crippen molar-refractivity contribution in [2.24, 2.45) is 5.84 Å². The highest BCUT2D eigenvalue weighted by molar-refractivity contribution is 7.89. The van der Waals surface area contributed by atoms with Crippen LogP contribution in [0.1, 0.15) is 0 Å². The zero-order chi connectivity index (χ0) is 9.90. The summed E-state index contributed by atoms with van der Waals surface area (Å²) >= 11 is 0. The van der Waals surface area contributed by atoms with Crippen molar-refractivity contribution < 1.29 is 8.42 Å². The second-order valence-electron chi connectivity index (χ2n) is 2.21. The highest BCUT2D eigenvalue weighted by Gasteiger charge is 2.16. The van der Waals surface area contributed by atoms with Crippen molar-refractivity contribution in [3.8, 4) is 0 Å². The van der Waals surface area contributed by atoms with Crippen LogP contribution in [-0.2, 0) is 10.0 Å². The van der Waals surface area contributed by atoms with E-state index >= 15 is 0 Å². The first-order chi connectivity index (χ1) is 6.11. The van der Waals surface area contributed by atoms with E-state index in [0.29, 0.717) is 0 Å². The van der Waals surface area contributed by atoms with Gasteiger partial charge in [-0.1, -0.05) is 0 Å². The molecule has 4 N–H and O–H groups in total. The second kappa shape index (κ2) is 3.69. The van der Waals surface area contributed by atoms with E-state index in [1.54, 1.807) is 6.07 Å². The molecule has 0 atom stereocenters. The fraction of sp³-hybridized carbons (Fsp3) is 0.167. The van der Waals surface area contributed by atoms with E-state index in [0.717, 1.165) is 0 Å². The van der Waals surface area contributed by atoms with Gasteiger partial charge < -0.3 is 5.43 Å². The maximum absolute atomic E-state index is 11.3. The third-order valence-corrected chi connectivity index (χ3v) is 2.82. The van der Waals surface area contributed by atoms with Crippen LogP contribution in [0, 0.1) is 0 Å². The van der Waals surface area contributed by atoms with E-state index in [9.17, 15) is 8.42 Å². The fourth-order valence-corrected chi connectivity index (χ4v) is 1.62. The predicted octanol–water partition coefficient (Wildman–Crippen LogP) is -0.725. The molecular formula is C6H10N4O2S. The lowest BCUT2D eigenvalue weighted by Crippen LogP contribution is -2.22. The highest BCUT2D eigenvalue weighted by Crippen LogP contribution is 2.15. The number of anilines is 1. The predicted molar refractivity (Wildman–Crippen MR) is 48.3 cm³/mol. The molecule has 0 aliphatic carbocycles. The van der Waals surface area contributed by atoms with E-state index in [2.05, 4.69) is 15.1 Å². The van der Waals surface area contributed by atoms with E-state index in [-0.39, 0.29) is 10.7 Å². The summed E-state index contributed by atoms with van der Waals surface area (Å²) in [6, 6.07) is 3.11. The molecule has 1 aromatic heterocycles. The third-order valence-electron chi connectivity index (χ3n) is 1.45. The number of nitrogens with two attached hydrogens (primary N) is 1. The molecule has 0 aliphatic heterocycles. The number of pyridine rings is 1. The molecule has 72 valence electrons. The summed E-state index contributed by atoms with van der Waals surface area (Å²) in [6.07, 6.45) is 1.38. The van der Waals surface area contributed by atoms with Crippen LogP contribution in [0.3, 0.4) is 0 Å². The minimum absolute atomic E-state index is 0.111. The molecule has 0 spiro atoms. The summed E-state index contributed by atoms with van der Waals surface area (Å²) in [5, 5.41) is -0.111. The Morgan fingerprint density at radius 1 is 1.54 bits per heavy atom. The van der Waals surface area contributed by atoms with Crippen molar-refractivity contribution in [1.29, 1.82) is 0 Å². The second-order valence-corrected chi connectivity index (χ2v) is 4.01. The first kappa shape index (κ1) is 9.90. The van der Waals surface area contributed by atoms with Gasteiger partial charge >= 0.3 is 0 Å². The summed E-state index contributed by atoms with van der Waals surface area (Å²) < 4.78 is 24.8. The monoisotopic (exact) mass is 202 g/mol. The number of hydrazine groups is 1. The van der Waals surface area contributed by atoms with Gasteiger partial charge in [0.2, 0.25) is 0 Å². The van der Waals surface area contributed by atoms with Crippen LogP contribution in [0.25, 0.3) is 0 Å². The zero-order valence-electron chi connectivity index (χ0n) is 6.98. The summed E-state index contributed by atoms with van der Waals surface area (Å²) in [6.45, 7) is 0. The van der Waals surface area contributed by atoms with Gasteiger partial charge in [-0.15, -0.1) is 0 Å². The van der Waals surface area contributed by atoms with E-state index in [1.165, 1.54) is 19.3 Å². The molecule has 0 unspecified atom stereocenters. The normalized spacial score (nSPS) is 11.2. The van der Waals surface area contributed by atoms with Crippen LogP contribution < -0.4 is 16.0 Å². The Kier molecular flexibility index (Phi) is 2.81. The summed E-state index contributed by atoms with van der Waals surface area (Å²) in [4.78, 5) is 3.70. The molecule has 13 heavy (non-hydrogen) atoms. The molecule has 0 aromatic carbocycles. The summed E-state index contributed by atoms with van der Waals surface area (Å²) in [5.41, 5.74) is 2.52. The standard InChI is InChI=1S/C6H10N4O2S/c1-8-13(11,12)6-5(10-7)3-2-4-9-6/h2-4,8,10H,7H2,1H3. The van der Waals surface area contributed by atoms with Gasteiger partial charge in [0.05, 0.1) is 5.69 Å². The SMILES string of the molecule is CNS(=O)(=O)c1ncccc1NN. The number of nitrogen functional groups attached to an aromatic ring is 1. The Balaban J connectivity index is 3.29. The van der Waals surface area contributed by atoms with Crippen molar-refractivity contribution in [2.45, 2.75) is 5.03 Å². The molecule has 7 heteroatoms. The van der Waals surface area contributed by atoms with Crippen LogP contribution in [0.2, 0.25) is 0 Å². The van der Waals surface area contributed by atoms with Gasteiger partial charge in [0.15, 0.2) is 5.03 Å². The minimum Gasteiger partial charge on any atom is -0.321 e. The first-order valence-corrected chi connectivity index (χ1v) is 4.95. The van der Waals surface area contributed by atoms with Gasteiger partial charge in [-0.05, 0) is 19.2 Å². The summed E-state index contributed by atoms with van der Waals surface area (Å²) in [5.74, 6) is 5.12. The van der Waals surface area contributed by atoms with Crippen molar-refractivity contribution in [3.63, 3.8) is 0 Å². The lowest BCUT2D eigenvalue weighted by Gasteiger charge is -2.06. The zero-order valence-corrected chi connectivity index (χ0v) is 7.80. The van der Waals surface area contributed by atoms with E-state index in [1.807, 2.05) is 0 Å². The molecule has 0 bridgehead atoms. The van der Waals surface area contributed by atoms with Crippen LogP contribution >= 0.6 is 0 Å². The van der Waals surface area contributed by atoms with Crippen LogP contribution in [0.5, 0.6) is 0 Å².